The van der Waals surface area contributed by atoms with Gasteiger partial charge in [-0.3, -0.25) is 4.40 Å². The molecule has 4 heteroatoms. The van der Waals surface area contributed by atoms with Crippen molar-refractivity contribution in [2.75, 3.05) is 0 Å². The summed E-state index contributed by atoms with van der Waals surface area (Å²) in [5.41, 5.74) is 8.12. The lowest BCUT2D eigenvalue weighted by Gasteiger charge is -2.12. The van der Waals surface area contributed by atoms with Gasteiger partial charge in [0.1, 0.15) is 10.3 Å². The number of fused-ring (bicyclic) bond motifs is 9. The van der Waals surface area contributed by atoms with E-state index in [0.29, 0.717) is 0 Å². The van der Waals surface area contributed by atoms with Gasteiger partial charge in [0.15, 0.2) is 0 Å². The molecule has 0 aliphatic carbocycles. The molecule has 3 heterocycles. The fraction of sp³-hybridized carbons (Fsp3) is 0. The molecule has 37 heavy (non-hydrogen) atoms. The minimum atomic E-state index is 0.960. The second-order valence-corrected chi connectivity index (χ2v) is 10.2. The molecule has 0 unspecified atom stereocenters. The van der Waals surface area contributed by atoms with Crippen molar-refractivity contribution in [1.29, 1.82) is 0 Å². The van der Waals surface area contributed by atoms with Crippen LogP contribution in [0.3, 0.4) is 0 Å². The zero-order chi connectivity index (χ0) is 24.5. The van der Waals surface area contributed by atoms with Crippen LogP contribution in [0, 0.1) is 0 Å². The van der Waals surface area contributed by atoms with Crippen LogP contribution in [-0.2, 0) is 0 Å². The van der Waals surface area contributed by atoms with Crippen LogP contribution in [0.25, 0.3) is 65.9 Å². The Balaban J connectivity index is 1.31. The highest BCUT2D eigenvalue weighted by molar-refractivity contribution is 9.10. The molecule has 0 spiro atoms. The number of hydrogen-bond donors (Lipinski definition) is 0. The van der Waals surface area contributed by atoms with Gasteiger partial charge in [-0.1, -0.05) is 78.9 Å². The van der Waals surface area contributed by atoms with Gasteiger partial charge in [-0.15, -0.1) is 0 Å². The van der Waals surface area contributed by atoms with E-state index in [9.17, 15) is 0 Å². The van der Waals surface area contributed by atoms with Gasteiger partial charge in [-0.2, -0.15) is 0 Å². The van der Waals surface area contributed by atoms with Crippen molar-refractivity contribution in [3.63, 3.8) is 0 Å². The maximum absolute atomic E-state index is 4.67. The highest BCUT2D eigenvalue weighted by atomic mass is 79.9. The topological polar surface area (TPSA) is 22.2 Å². The molecule has 0 amide bonds. The van der Waals surface area contributed by atoms with Crippen LogP contribution in [0.5, 0.6) is 0 Å². The Bertz CT molecular complexity index is 2100. The quantitative estimate of drug-likeness (QED) is 0.201. The van der Waals surface area contributed by atoms with Crippen LogP contribution in [0.4, 0.5) is 0 Å². The zero-order valence-electron chi connectivity index (χ0n) is 19.8. The van der Waals surface area contributed by atoms with E-state index in [-0.39, 0.29) is 0 Å². The molecule has 5 aromatic carbocycles. The smallest absolute Gasteiger partial charge is 0.146 e. The monoisotopic (exact) mass is 537 g/mol. The number of imidazole rings is 1. The molecule has 0 radical (unpaired) electrons. The number of pyridine rings is 1. The second kappa shape index (κ2) is 7.79. The Morgan fingerprint density at radius 2 is 1.11 bits per heavy atom. The van der Waals surface area contributed by atoms with Gasteiger partial charge in [0, 0.05) is 27.2 Å². The predicted molar refractivity (Wildman–Crippen MR) is 158 cm³/mol. The number of benzene rings is 5. The van der Waals surface area contributed by atoms with E-state index < -0.39 is 0 Å². The highest BCUT2D eigenvalue weighted by Gasteiger charge is 2.14. The Hall–Kier alpha value is -4.41. The number of nitrogens with zero attached hydrogens (tertiary/aromatic N) is 3. The lowest BCUT2D eigenvalue weighted by atomic mass is 9.99. The van der Waals surface area contributed by atoms with Crippen LogP contribution in [0.2, 0.25) is 0 Å². The van der Waals surface area contributed by atoms with Crippen LogP contribution in [-0.4, -0.2) is 14.0 Å². The van der Waals surface area contributed by atoms with Crippen LogP contribution in [0.1, 0.15) is 0 Å². The maximum atomic E-state index is 4.67. The van der Waals surface area contributed by atoms with Gasteiger partial charge in [0.2, 0.25) is 0 Å². The second-order valence-electron chi connectivity index (χ2n) is 9.43. The van der Waals surface area contributed by atoms with E-state index in [2.05, 4.69) is 145 Å². The molecule has 0 saturated carbocycles. The maximum Gasteiger partial charge on any atom is 0.146 e. The molecule has 0 N–H and O–H groups in total. The molecular formula is C33H20BrN3. The largest absolute Gasteiger partial charge is 0.309 e. The van der Waals surface area contributed by atoms with Crippen molar-refractivity contribution < 1.29 is 0 Å². The van der Waals surface area contributed by atoms with Crippen molar-refractivity contribution in [2.24, 2.45) is 0 Å². The summed E-state index contributed by atoms with van der Waals surface area (Å²) in [6.45, 7) is 0. The molecule has 0 aliphatic heterocycles. The van der Waals surface area contributed by atoms with Crippen molar-refractivity contribution >= 4 is 65.1 Å². The SMILES string of the molecule is Brc1cnc2c3ccccc3c3cc(-c4ccc(-n5c6ccccc6c6ccccc65)cc4)ccc3n12. The minimum Gasteiger partial charge on any atom is -0.309 e. The summed E-state index contributed by atoms with van der Waals surface area (Å²) in [6.07, 6.45) is 1.88. The first kappa shape index (κ1) is 20.7. The fourth-order valence-corrected chi connectivity index (χ4v) is 6.25. The van der Waals surface area contributed by atoms with E-state index in [0.717, 1.165) is 26.8 Å². The Labute approximate surface area is 221 Å². The minimum absolute atomic E-state index is 0.960. The fourth-order valence-electron chi connectivity index (χ4n) is 5.79. The van der Waals surface area contributed by atoms with Gasteiger partial charge >= 0.3 is 0 Å². The van der Waals surface area contributed by atoms with Gasteiger partial charge in [-0.25, -0.2) is 4.98 Å². The number of rotatable bonds is 2. The molecule has 0 atom stereocenters. The molecule has 8 aromatic rings. The Morgan fingerprint density at radius 1 is 0.514 bits per heavy atom. The summed E-state index contributed by atoms with van der Waals surface area (Å²) >= 11 is 3.70. The molecule has 0 bridgehead atoms. The summed E-state index contributed by atoms with van der Waals surface area (Å²) in [7, 11) is 0. The van der Waals surface area contributed by atoms with Gasteiger partial charge in [0.25, 0.3) is 0 Å². The molecule has 0 aliphatic rings. The first-order valence-electron chi connectivity index (χ1n) is 12.3. The molecule has 0 fully saturated rings. The lowest BCUT2D eigenvalue weighted by molar-refractivity contribution is 1.18. The summed E-state index contributed by atoms with van der Waals surface area (Å²) in [4.78, 5) is 4.67. The van der Waals surface area contributed by atoms with E-state index in [1.54, 1.807) is 0 Å². The average Bonchev–Trinajstić information content (AvgIpc) is 3.51. The van der Waals surface area contributed by atoms with E-state index in [1.165, 1.54) is 43.7 Å². The van der Waals surface area contributed by atoms with E-state index >= 15 is 0 Å². The first-order valence-corrected chi connectivity index (χ1v) is 13.1. The number of para-hydroxylation sites is 2. The third kappa shape index (κ3) is 2.96. The number of halogens is 1. The van der Waals surface area contributed by atoms with E-state index in [4.69, 9.17) is 0 Å². The molecule has 8 rings (SSSR count). The Morgan fingerprint density at radius 3 is 1.81 bits per heavy atom. The van der Waals surface area contributed by atoms with Crippen LogP contribution >= 0.6 is 15.9 Å². The zero-order valence-corrected chi connectivity index (χ0v) is 21.4. The third-order valence-electron chi connectivity index (χ3n) is 7.45. The lowest BCUT2D eigenvalue weighted by Crippen LogP contribution is -1.94. The summed E-state index contributed by atoms with van der Waals surface area (Å²) in [5, 5.41) is 6.14. The standard InChI is InChI=1S/C33H20BrN3/c34-32-20-35-33-27-10-2-1-7-24(27)28-19-22(15-18-31(28)37(32)33)21-13-16-23(17-14-21)36-29-11-5-3-8-25(29)26-9-4-6-12-30(26)36/h1-20H. The van der Waals surface area contributed by atoms with E-state index in [1.807, 2.05) is 6.20 Å². The van der Waals surface area contributed by atoms with Gasteiger partial charge in [0.05, 0.1) is 22.7 Å². The summed E-state index contributed by atoms with van der Waals surface area (Å²) < 4.78 is 5.50. The molecule has 174 valence electrons. The van der Waals surface area contributed by atoms with Crippen molar-refractivity contribution in [1.82, 2.24) is 14.0 Å². The third-order valence-corrected chi connectivity index (χ3v) is 8.01. The summed E-state index contributed by atoms with van der Waals surface area (Å²) in [5.74, 6) is 0. The number of aromatic nitrogens is 3. The normalized spacial score (nSPS) is 11.9. The van der Waals surface area contributed by atoms with Gasteiger partial charge < -0.3 is 4.57 Å². The highest BCUT2D eigenvalue weighted by Crippen LogP contribution is 2.35. The van der Waals surface area contributed by atoms with Crippen LogP contribution < -0.4 is 0 Å². The predicted octanol–water partition coefficient (Wildman–Crippen LogP) is 9.17. The van der Waals surface area contributed by atoms with Crippen molar-refractivity contribution in [3.8, 4) is 16.8 Å². The van der Waals surface area contributed by atoms with Crippen LogP contribution in [0.15, 0.2) is 126 Å². The molecular weight excluding hydrogens is 518 g/mol. The Kier molecular flexibility index (Phi) is 4.37. The summed E-state index contributed by atoms with van der Waals surface area (Å²) in [6, 6.07) is 41.4. The van der Waals surface area contributed by atoms with Crippen molar-refractivity contribution in [2.45, 2.75) is 0 Å². The van der Waals surface area contributed by atoms with Crippen molar-refractivity contribution in [3.05, 3.63) is 126 Å². The van der Waals surface area contributed by atoms with Gasteiger partial charge in [-0.05, 0) is 68.8 Å². The molecule has 3 nitrogen and oxygen atoms in total. The first-order chi connectivity index (χ1) is 18.3. The molecule has 0 saturated heterocycles. The number of hydrogen-bond acceptors (Lipinski definition) is 1. The average molecular weight is 538 g/mol. The molecule has 3 aromatic heterocycles.